The maximum Gasteiger partial charge on any atom is 0.166 e. The van der Waals surface area contributed by atoms with Crippen LogP contribution < -0.4 is 0 Å². The number of benzene rings is 2. The summed E-state index contributed by atoms with van der Waals surface area (Å²) in [7, 11) is 0. The van der Waals surface area contributed by atoms with Crippen LogP contribution in [0.4, 0.5) is 8.78 Å². The number of rotatable bonds is 21. The summed E-state index contributed by atoms with van der Waals surface area (Å²) in [5.41, 5.74) is 10.3. The van der Waals surface area contributed by atoms with Crippen LogP contribution in [0.25, 0.3) is 11.1 Å². The summed E-state index contributed by atoms with van der Waals surface area (Å²) in [4.78, 5) is 0. The molecule has 0 aliphatic carbocycles. The van der Waals surface area contributed by atoms with Gasteiger partial charge >= 0.3 is 0 Å². The Morgan fingerprint density at radius 1 is 0.727 bits per heavy atom. The van der Waals surface area contributed by atoms with Gasteiger partial charge in [0.2, 0.25) is 0 Å². The molecule has 0 aliphatic rings. The molecule has 0 fully saturated rings. The molecule has 0 amide bonds. The third kappa shape index (κ3) is 11.5. The van der Waals surface area contributed by atoms with Gasteiger partial charge in [-0.15, -0.1) is 6.58 Å². The van der Waals surface area contributed by atoms with Crippen LogP contribution in [0.3, 0.4) is 0 Å². The van der Waals surface area contributed by atoms with Gasteiger partial charge in [0, 0.05) is 5.56 Å². The first kappa shape index (κ1) is 37.2. The van der Waals surface area contributed by atoms with Crippen molar-refractivity contribution in [2.45, 2.75) is 125 Å². The van der Waals surface area contributed by atoms with Crippen molar-refractivity contribution in [2.75, 3.05) is 0 Å². The Bertz CT molecular complexity index is 1310. The minimum atomic E-state index is -0.742. The summed E-state index contributed by atoms with van der Waals surface area (Å²) in [6.07, 6.45) is 16.6. The molecule has 2 rings (SSSR count). The molecule has 240 valence electrons. The van der Waals surface area contributed by atoms with Gasteiger partial charge in [-0.05, 0) is 117 Å². The zero-order valence-corrected chi connectivity index (χ0v) is 28.5. The maximum absolute atomic E-state index is 14.8. The third-order valence-electron chi connectivity index (χ3n) is 9.05. The molecule has 44 heavy (non-hydrogen) atoms. The highest BCUT2D eigenvalue weighted by molar-refractivity contribution is 5.68. The van der Waals surface area contributed by atoms with E-state index >= 15 is 0 Å². The molecule has 2 aromatic carbocycles. The first-order valence-corrected chi connectivity index (χ1v) is 17.0. The SMILES string of the molecule is C=C(C)CCCCCCCCC(=C)c1ccc(CCC(=C)C(=C)CCC(C)/C(=C\C)c2ccc(CC)c(F)c2F)cc1CC. The summed E-state index contributed by atoms with van der Waals surface area (Å²) in [5, 5.41) is 0. The van der Waals surface area contributed by atoms with Crippen molar-refractivity contribution >= 4 is 11.1 Å². The third-order valence-corrected chi connectivity index (χ3v) is 9.05. The number of hydrogen-bond donors (Lipinski definition) is 0. The van der Waals surface area contributed by atoms with Crippen molar-refractivity contribution in [1.82, 2.24) is 0 Å². The lowest BCUT2D eigenvalue weighted by molar-refractivity contribution is 0.495. The van der Waals surface area contributed by atoms with Crippen molar-refractivity contribution in [1.29, 1.82) is 0 Å². The van der Waals surface area contributed by atoms with E-state index in [1.54, 1.807) is 12.1 Å². The van der Waals surface area contributed by atoms with Crippen LogP contribution in [0.1, 0.15) is 133 Å². The number of aryl methyl sites for hydroxylation is 3. The molecule has 0 spiro atoms. The van der Waals surface area contributed by atoms with E-state index in [2.05, 4.69) is 65.3 Å². The highest BCUT2D eigenvalue weighted by Gasteiger charge is 2.19. The van der Waals surface area contributed by atoms with Gasteiger partial charge < -0.3 is 0 Å². The van der Waals surface area contributed by atoms with Crippen molar-refractivity contribution in [3.63, 3.8) is 0 Å². The molecule has 1 unspecified atom stereocenters. The molecular formula is C42H58F2. The maximum atomic E-state index is 14.8. The lowest BCUT2D eigenvalue weighted by Crippen LogP contribution is -2.05. The molecule has 0 saturated heterocycles. The van der Waals surface area contributed by atoms with Gasteiger partial charge in [0.15, 0.2) is 11.6 Å². The second-order valence-electron chi connectivity index (χ2n) is 12.7. The highest BCUT2D eigenvalue weighted by atomic mass is 19.2. The van der Waals surface area contributed by atoms with Gasteiger partial charge in [-0.3, -0.25) is 0 Å². The zero-order valence-electron chi connectivity index (χ0n) is 28.5. The van der Waals surface area contributed by atoms with Gasteiger partial charge in [-0.1, -0.05) is 119 Å². The Labute approximate surface area is 268 Å². The first-order chi connectivity index (χ1) is 21.0. The molecule has 0 heterocycles. The summed E-state index contributed by atoms with van der Waals surface area (Å²) in [6, 6.07) is 10.3. The van der Waals surface area contributed by atoms with Crippen LogP contribution in [0.15, 0.2) is 79.4 Å². The molecule has 2 heteroatoms. The number of allylic oxidation sites excluding steroid dienone is 6. The van der Waals surface area contributed by atoms with E-state index in [1.807, 2.05) is 19.9 Å². The highest BCUT2D eigenvalue weighted by Crippen LogP contribution is 2.33. The lowest BCUT2D eigenvalue weighted by atomic mass is 9.86. The van der Waals surface area contributed by atoms with Gasteiger partial charge in [0.05, 0.1) is 0 Å². The van der Waals surface area contributed by atoms with Crippen molar-refractivity contribution in [3.8, 4) is 0 Å². The van der Waals surface area contributed by atoms with Gasteiger partial charge in [0.25, 0.3) is 0 Å². The van der Waals surface area contributed by atoms with Crippen LogP contribution in [0.2, 0.25) is 0 Å². The summed E-state index contributed by atoms with van der Waals surface area (Å²) in [5.74, 6) is -1.39. The van der Waals surface area contributed by atoms with Crippen LogP contribution in [-0.4, -0.2) is 0 Å². The molecule has 0 saturated carbocycles. The van der Waals surface area contributed by atoms with E-state index in [9.17, 15) is 8.78 Å². The van der Waals surface area contributed by atoms with E-state index < -0.39 is 11.6 Å². The predicted molar refractivity (Wildman–Crippen MR) is 191 cm³/mol. The molecule has 2 aromatic rings. The Kier molecular flexibility index (Phi) is 16.4. The summed E-state index contributed by atoms with van der Waals surface area (Å²) >= 11 is 0. The quantitative estimate of drug-likeness (QED) is 0.0759. The molecule has 0 bridgehead atoms. The lowest BCUT2D eigenvalue weighted by Gasteiger charge is -2.19. The van der Waals surface area contributed by atoms with E-state index in [4.69, 9.17) is 0 Å². The number of halogens is 2. The van der Waals surface area contributed by atoms with E-state index in [0.29, 0.717) is 17.5 Å². The fourth-order valence-electron chi connectivity index (χ4n) is 6.03. The number of unbranched alkanes of at least 4 members (excludes halogenated alkanes) is 5. The molecule has 0 aliphatic heterocycles. The van der Waals surface area contributed by atoms with E-state index in [-0.39, 0.29) is 5.92 Å². The summed E-state index contributed by atoms with van der Waals surface area (Å²) < 4.78 is 29.3. The topological polar surface area (TPSA) is 0 Å². The van der Waals surface area contributed by atoms with Crippen molar-refractivity contribution < 1.29 is 8.78 Å². The smallest absolute Gasteiger partial charge is 0.166 e. The van der Waals surface area contributed by atoms with Crippen LogP contribution in [0.5, 0.6) is 0 Å². The summed E-state index contributed by atoms with van der Waals surface area (Å²) in [6.45, 7) is 27.2. The first-order valence-electron chi connectivity index (χ1n) is 17.0. The van der Waals surface area contributed by atoms with Gasteiger partial charge in [-0.2, -0.15) is 0 Å². The number of hydrogen-bond acceptors (Lipinski definition) is 0. The second kappa shape index (κ2) is 19.4. The molecule has 0 aromatic heterocycles. The minimum Gasteiger partial charge on any atom is -0.203 e. The molecule has 0 N–H and O–H groups in total. The Hall–Kier alpha value is -3.00. The fourth-order valence-corrected chi connectivity index (χ4v) is 6.03. The molecule has 1 atom stereocenters. The van der Waals surface area contributed by atoms with Crippen LogP contribution in [-0.2, 0) is 19.3 Å². The largest absolute Gasteiger partial charge is 0.203 e. The Morgan fingerprint density at radius 3 is 1.93 bits per heavy atom. The average Bonchev–Trinajstić information content (AvgIpc) is 3.01. The predicted octanol–water partition coefficient (Wildman–Crippen LogP) is 13.4. The molecule has 0 radical (unpaired) electrons. The Balaban J connectivity index is 1.84. The molecular weight excluding hydrogens is 542 g/mol. The fraction of sp³-hybridized carbons (Fsp3) is 0.476. The van der Waals surface area contributed by atoms with Gasteiger partial charge in [-0.25, -0.2) is 8.78 Å². The second-order valence-corrected chi connectivity index (χ2v) is 12.7. The van der Waals surface area contributed by atoms with Crippen LogP contribution >= 0.6 is 0 Å². The van der Waals surface area contributed by atoms with Gasteiger partial charge in [0.1, 0.15) is 0 Å². The van der Waals surface area contributed by atoms with E-state index in [1.165, 1.54) is 66.4 Å². The monoisotopic (exact) mass is 600 g/mol. The average molecular weight is 601 g/mol. The van der Waals surface area contributed by atoms with Crippen molar-refractivity contribution in [3.05, 3.63) is 119 Å². The van der Waals surface area contributed by atoms with Crippen LogP contribution in [0, 0.1) is 17.6 Å². The zero-order chi connectivity index (χ0) is 32.6. The molecule has 0 nitrogen and oxygen atoms in total. The van der Waals surface area contributed by atoms with Crippen molar-refractivity contribution in [2.24, 2.45) is 5.92 Å². The Morgan fingerprint density at radius 2 is 1.32 bits per heavy atom. The normalized spacial score (nSPS) is 12.3. The standard InChI is InChI=1S/C42H58F2/c1-10-36-26-28-40(42(44)41(36)43)38(12-3)34(9)22-21-31(6)32(7)23-24-35-25-27-39(37(11-2)29-35)33(8)20-18-16-14-13-15-17-19-30(4)5/h12,25-29,34H,4,6-8,10-11,13-24H2,1-3,5,9H3/b38-12+. The van der Waals surface area contributed by atoms with E-state index in [0.717, 1.165) is 61.7 Å². The minimum absolute atomic E-state index is 0.0744.